The summed E-state index contributed by atoms with van der Waals surface area (Å²) in [6.45, 7) is 6.57. The van der Waals surface area contributed by atoms with Gasteiger partial charge in [-0.2, -0.15) is 0 Å². The number of anilines is 1. The van der Waals surface area contributed by atoms with Gasteiger partial charge in [0.2, 0.25) is 5.91 Å². The Bertz CT molecular complexity index is 413. The molecule has 0 aromatic heterocycles. The minimum atomic E-state index is 0.146. The van der Waals surface area contributed by atoms with E-state index in [0.29, 0.717) is 0 Å². The summed E-state index contributed by atoms with van der Waals surface area (Å²) >= 11 is 1.77. The Hall–Kier alpha value is -0.960. The van der Waals surface area contributed by atoms with Gasteiger partial charge in [0.15, 0.2) is 0 Å². The largest absolute Gasteiger partial charge is 0.325 e. The van der Waals surface area contributed by atoms with E-state index >= 15 is 0 Å². The van der Waals surface area contributed by atoms with E-state index in [1.807, 2.05) is 12.1 Å². The van der Waals surface area contributed by atoms with Gasteiger partial charge >= 0.3 is 0 Å². The van der Waals surface area contributed by atoms with Gasteiger partial charge in [0, 0.05) is 5.69 Å². The zero-order valence-corrected chi connectivity index (χ0v) is 12.1. The van der Waals surface area contributed by atoms with E-state index in [0.717, 1.165) is 24.3 Å². The average Bonchev–Trinajstić information content (AvgIpc) is 2.82. The van der Waals surface area contributed by atoms with Gasteiger partial charge in [-0.25, -0.2) is 0 Å². The van der Waals surface area contributed by atoms with Crippen molar-refractivity contribution in [2.75, 3.05) is 11.1 Å². The quantitative estimate of drug-likeness (QED) is 0.879. The fourth-order valence-corrected chi connectivity index (χ4v) is 3.22. The summed E-state index contributed by atoms with van der Waals surface area (Å²) in [5.74, 6) is 1.27. The molecule has 1 N–H and O–H groups in total. The lowest BCUT2D eigenvalue weighted by Gasteiger charge is -2.19. The van der Waals surface area contributed by atoms with Crippen molar-refractivity contribution >= 4 is 23.4 Å². The van der Waals surface area contributed by atoms with Crippen LogP contribution in [0, 0.1) is 0 Å². The molecule has 0 spiro atoms. The molecular weight excluding hydrogens is 242 g/mol. The molecule has 0 saturated carbocycles. The second kappa shape index (κ2) is 5.35. The van der Waals surface area contributed by atoms with Crippen LogP contribution in [-0.2, 0) is 10.2 Å². The summed E-state index contributed by atoms with van der Waals surface area (Å²) in [6.07, 6.45) is 2.17. The number of thioether (sulfide) groups is 1. The molecule has 0 radical (unpaired) electrons. The van der Waals surface area contributed by atoms with Crippen molar-refractivity contribution < 1.29 is 4.79 Å². The molecular formula is C15H21NOS. The van der Waals surface area contributed by atoms with E-state index in [2.05, 4.69) is 38.2 Å². The van der Waals surface area contributed by atoms with Gasteiger partial charge in [-0.1, -0.05) is 32.9 Å². The van der Waals surface area contributed by atoms with E-state index < -0.39 is 0 Å². The summed E-state index contributed by atoms with van der Waals surface area (Å²) < 4.78 is 0. The second-order valence-corrected chi connectivity index (χ2v) is 7.13. The summed E-state index contributed by atoms with van der Waals surface area (Å²) in [7, 11) is 0. The first kappa shape index (κ1) is 13.5. The van der Waals surface area contributed by atoms with Gasteiger partial charge in [0.1, 0.15) is 0 Å². The fourth-order valence-electron chi connectivity index (χ4n) is 2.06. The van der Waals surface area contributed by atoms with E-state index in [1.165, 1.54) is 5.56 Å². The third-order valence-corrected chi connectivity index (χ3v) is 4.62. The molecule has 1 aromatic carbocycles. The summed E-state index contributed by atoms with van der Waals surface area (Å²) in [6, 6.07) is 8.19. The van der Waals surface area contributed by atoms with Crippen molar-refractivity contribution in [1.29, 1.82) is 0 Å². The Morgan fingerprint density at radius 3 is 2.44 bits per heavy atom. The molecule has 0 bridgehead atoms. The standard InChI is InChI=1S/C15H21NOS/c1-15(2,3)11-6-8-12(9-7-11)16-14(17)13-5-4-10-18-13/h6-9,13H,4-5,10H2,1-3H3,(H,16,17). The third kappa shape index (κ3) is 3.29. The van der Waals surface area contributed by atoms with Gasteiger partial charge < -0.3 is 5.32 Å². The van der Waals surface area contributed by atoms with Crippen molar-refractivity contribution in [2.24, 2.45) is 0 Å². The van der Waals surface area contributed by atoms with Gasteiger partial charge in [-0.15, -0.1) is 11.8 Å². The van der Waals surface area contributed by atoms with E-state index in [4.69, 9.17) is 0 Å². The first-order valence-electron chi connectivity index (χ1n) is 6.50. The maximum Gasteiger partial charge on any atom is 0.237 e. The first-order chi connectivity index (χ1) is 8.47. The highest BCUT2D eigenvalue weighted by Gasteiger charge is 2.23. The second-order valence-electron chi connectivity index (χ2n) is 5.82. The van der Waals surface area contributed by atoms with Crippen LogP contribution in [0.2, 0.25) is 0 Å². The molecule has 98 valence electrons. The maximum absolute atomic E-state index is 12.0. The van der Waals surface area contributed by atoms with Crippen molar-refractivity contribution in [3.63, 3.8) is 0 Å². The van der Waals surface area contributed by atoms with Crippen molar-refractivity contribution in [3.05, 3.63) is 29.8 Å². The van der Waals surface area contributed by atoms with Gasteiger partial charge in [0.05, 0.1) is 5.25 Å². The zero-order valence-electron chi connectivity index (χ0n) is 11.3. The molecule has 1 saturated heterocycles. The average molecular weight is 263 g/mol. The summed E-state index contributed by atoms with van der Waals surface area (Å²) in [5, 5.41) is 3.15. The highest BCUT2D eigenvalue weighted by atomic mass is 32.2. The van der Waals surface area contributed by atoms with Crippen LogP contribution in [0.1, 0.15) is 39.2 Å². The van der Waals surface area contributed by atoms with Gasteiger partial charge in [-0.3, -0.25) is 4.79 Å². The fraction of sp³-hybridized carbons (Fsp3) is 0.533. The summed E-state index contributed by atoms with van der Waals surface area (Å²) in [5.41, 5.74) is 2.35. The van der Waals surface area contributed by atoms with E-state index in [1.54, 1.807) is 11.8 Å². The zero-order chi connectivity index (χ0) is 13.2. The first-order valence-corrected chi connectivity index (χ1v) is 7.55. The highest BCUT2D eigenvalue weighted by molar-refractivity contribution is 8.00. The summed E-state index contributed by atoms with van der Waals surface area (Å²) in [4.78, 5) is 12.0. The van der Waals surface area contributed by atoms with Crippen LogP contribution >= 0.6 is 11.8 Å². The molecule has 1 atom stereocenters. The molecule has 1 aromatic rings. The number of rotatable bonds is 2. The Labute approximate surface area is 114 Å². The minimum Gasteiger partial charge on any atom is -0.325 e. The molecule has 0 aliphatic carbocycles. The number of hydrogen-bond acceptors (Lipinski definition) is 2. The molecule has 1 fully saturated rings. The molecule has 18 heavy (non-hydrogen) atoms. The number of amides is 1. The lowest BCUT2D eigenvalue weighted by Crippen LogP contribution is -2.22. The number of nitrogens with one attached hydrogen (secondary N) is 1. The van der Waals surface area contributed by atoms with Crippen molar-refractivity contribution in [1.82, 2.24) is 0 Å². The Morgan fingerprint density at radius 1 is 1.28 bits per heavy atom. The van der Waals surface area contributed by atoms with Crippen LogP contribution in [0.4, 0.5) is 5.69 Å². The molecule has 1 heterocycles. The Balaban J connectivity index is 2.00. The number of benzene rings is 1. The van der Waals surface area contributed by atoms with Crippen LogP contribution in [-0.4, -0.2) is 16.9 Å². The smallest absolute Gasteiger partial charge is 0.237 e. The number of carbonyl (C=O) groups is 1. The van der Waals surface area contributed by atoms with Crippen LogP contribution in [0.25, 0.3) is 0 Å². The van der Waals surface area contributed by atoms with Crippen LogP contribution in [0.15, 0.2) is 24.3 Å². The van der Waals surface area contributed by atoms with E-state index in [-0.39, 0.29) is 16.6 Å². The van der Waals surface area contributed by atoms with Crippen LogP contribution in [0.5, 0.6) is 0 Å². The molecule has 1 aliphatic rings. The minimum absolute atomic E-state index is 0.146. The molecule has 2 rings (SSSR count). The molecule has 1 amide bonds. The molecule has 1 unspecified atom stereocenters. The molecule has 2 nitrogen and oxygen atoms in total. The van der Waals surface area contributed by atoms with Crippen LogP contribution < -0.4 is 5.32 Å². The predicted octanol–water partition coefficient (Wildman–Crippen LogP) is 3.82. The van der Waals surface area contributed by atoms with Gasteiger partial charge in [0.25, 0.3) is 0 Å². The normalized spacial score (nSPS) is 19.8. The van der Waals surface area contributed by atoms with Crippen LogP contribution in [0.3, 0.4) is 0 Å². The monoisotopic (exact) mass is 263 g/mol. The van der Waals surface area contributed by atoms with Crippen molar-refractivity contribution in [3.8, 4) is 0 Å². The van der Waals surface area contributed by atoms with E-state index in [9.17, 15) is 4.79 Å². The Morgan fingerprint density at radius 2 is 1.94 bits per heavy atom. The number of carbonyl (C=O) groups excluding carboxylic acids is 1. The molecule has 1 aliphatic heterocycles. The molecule has 3 heteroatoms. The lowest BCUT2D eigenvalue weighted by molar-refractivity contribution is -0.115. The third-order valence-electron chi connectivity index (χ3n) is 3.24. The van der Waals surface area contributed by atoms with Gasteiger partial charge in [-0.05, 0) is 41.7 Å². The Kier molecular flexibility index (Phi) is 4.00. The maximum atomic E-state index is 12.0. The topological polar surface area (TPSA) is 29.1 Å². The highest BCUT2D eigenvalue weighted by Crippen LogP contribution is 2.28. The lowest BCUT2D eigenvalue weighted by atomic mass is 9.87. The van der Waals surface area contributed by atoms with Crippen molar-refractivity contribution in [2.45, 2.75) is 44.3 Å². The number of hydrogen-bond donors (Lipinski definition) is 1. The SMILES string of the molecule is CC(C)(C)c1ccc(NC(=O)C2CCCS2)cc1. The predicted molar refractivity (Wildman–Crippen MR) is 79.3 cm³/mol.